The molecule has 28 nitrogen and oxygen atoms in total. The van der Waals surface area contributed by atoms with Crippen LogP contribution in [-0.2, 0) is 55.9 Å². The van der Waals surface area contributed by atoms with Gasteiger partial charge >= 0.3 is 5.97 Å². The number of methoxy groups -OCH3 is 1. The van der Waals surface area contributed by atoms with Gasteiger partial charge in [0, 0.05) is 51.0 Å². The summed E-state index contributed by atoms with van der Waals surface area (Å²) < 4.78 is 5.56. The third kappa shape index (κ3) is 24.8. The zero-order valence-electron chi connectivity index (χ0n) is 43.1. The van der Waals surface area contributed by atoms with Gasteiger partial charge in [-0.2, -0.15) is 25.3 Å². The molecule has 0 bridgehead atoms. The van der Waals surface area contributed by atoms with Crippen molar-refractivity contribution >= 4 is 90.5 Å². The first-order valence-electron chi connectivity index (χ1n) is 24.2. The number of aliphatic carboxylic acids is 1. The summed E-state index contributed by atoms with van der Waals surface area (Å²) in [4.78, 5) is 121. The summed E-state index contributed by atoms with van der Waals surface area (Å²) in [5.74, 6) is -8.73. The first-order valence-corrected chi connectivity index (χ1v) is 25.4. The molecule has 0 radical (unpaired) electrons. The van der Waals surface area contributed by atoms with Gasteiger partial charge in [0.15, 0.2) is 17.9 Å². The quantitative estimate of drug-likeness (QED) is 0.0135. The van der Waals surface area contributed by atoms with Crippen LogP contribution in [0.25, 0.3) is 0 Å². The predicted octanol–water partition coefficient (Wildman–Crippen LogP) is -4.96. The maximum atomic E-state index is 14.7. The van der Waals surface area contributed by atoms with Gasteiger partial charge in [-0.3, -0.25) is 48.5 Å². The van der Waals surface area contributed by atoms with Crippen LogP contribution in [-0.4, -0.2) is 168 Å². The number of aromatic hydroxyl groups is 1. The number of nitrogens with one attached hydrogen (secondary N) is 7. The van der Waals surface area contributed by atoms with Gasteiger partial charge in [0.1, 0.15) is 47.5 Å². The minimum absolute atomic E-state index is 0.00544. The van der Waals surface area contributed by atoms with E-state index in [1.54, 1.807) is 30.3 Å². The van der Waals surface area contributed by atoms with Gasteiger partial charge in [-0.15, -0.1) is 0 Å². The van der Waals surface area contributed by atoms with Crippen LogP contribution in [0.3, 0.4) is 0 Å². The second-order valence-electron chi connectivity index (χ2n) is 18.1. The Morgan fingerprint density at radius 2 is 1.04 bits per heavy atom. The predicted molar refractivity (Wildman–Crippen MR) is 295 cm³/mol. The first-order chi connectivity index (χ1) is 36.3. The van der Waals surface area contributed by atoms with Crippen molar-refractivity contribution in [2.75, 3.05) is 38.2 Å². The number of amides is 7. The Hall–Kier alpha value is -7.57. The largest absolute Gasteiger partial charge is 0.508 e. The monoisotopic (exact) mass is 1120 g/mol. The fraction of sp³-hybridized carbons (Fsp3) is 0.511. The number of carboxylic acid groups (broad SMARTS) is 1. The van der Waals surface area contributed by atoms with E-state index in [0.29, 0.717) is 17.5 Å². The molecule has 23 N–H and O–H groups in total. The third-order valence-corrected chi connectivity index (χ3v) is 12.1. The SMILES string of the molecule is COC(CN=C(N)N)C[C@H](NC(=O)[C@@H](Cc1ccc(O)cc1)NC(=O)[C@H](CCCN=C(N)N)NC(=O)C(C)(C)NC(=O)[C@H](CS)NC(=O)[C@@H](N)CCCN=C(N)N)C(=O)N[C@@H](Cc1ccccc1)C(=O)N[C@@H](CS)C(=O)O. The van der Waals surface area contributed by atoms with E-state index in [9.17, 15) is 48.6 Å². The van der Waals surface area contributed by atoms with Crippen LogP contribution < -0.4 is 77.4 Å². The maximum absolute atomic E-state index is 14.7. The number of hydrogen-bond acceptors (Lipinski definition) is 16. The number of aliphatic imine (C=N–C) groups is 3. The summed E-state index contributed by atoms with van der Waals surface area (Å²) in [6.45, 7) is 2.71. The molecular formula is C47H75N17O11S2. The number of benzene rings is 2. The number of nitrogens with two attached hydrogens (primary N) is 7. The van der Waals surface area contributed by atoms with Gasteiger partial charge < -0.3 is 92.3 Å². The molecule has 0 fully saturated rings. The third-order valence-electron chi connectivity index (χ3n) is 11.4. The lowest BCUT2D eigenvalue weighted by Crippen LogP contribution is -2.63. The van der Waals surface area contributed by atoms with Gasteiger partial charge in [0.2, 0.25) is 41.4 Å². The number of rotatable bonds is 34. The first kappa shape index (κ1) is 65.5. The lowest BCUT2D eigenvalue weighted by Gasteiger charge is -2.31. The molecule has 0 heterocycles. The lowest BCUT2D eigenvalue weighted by atomic mass is 10.00. The summed E-state index contributed by atoms with van der Waals surface area (Å²) in [6.07, 6.45) is -1.14. The van der Waals surface area contributed by atoms with E-state index >= 15 is 0 Å². The Morgan fingerprint density at radius 1 is 0.584 bits per heavy atom. The number of nitrogens with zero attached hydrogens (tertiary/aromatic N) is 3. The molecule has 2 rings (SSSR count). The second kappa shape index (κ2) is 33.5. The Balaban J connectivity index is 2.57. The van der Waals surface area contributed by atoms with E-state index in [4.69, 9.17) is 44.9 Å². The Labute approximate surface area is 456 Å². The average molecular weight is 1120 g/mol. The molecule has 1 unspecified atom stereocenters. The van der Waals surface area contributed by atoms with Gasteiger partial charge in [-0.05, 0) is 62.8 Å². The standard InChI is InChI=1S/C47H75N17O11S2/c1-47(2,64-41(71)34(23-76)61-36(66)29(48)11-7-17-55-44(49)50)43(74)63-30(12-8-18-56-45(51)52)37(67)58-32(20-26-13-15-27(65)16-14-26)38(68)60-33(21-28(75-3)22-57-46(53)54)40(70)59-31(19-25-9-5-4-6-10-25)39(69)62-35(24-77)42(72)73/h4-6,9-10,13-16,28-35,65,76-77H,7-8,11-12,17-24,48H2,1-3H3,(H,58,67)(H,59,70)(H,60,68)(H,61,66)(H,62,69)(H,63,74)(H,64,71)(H,72,73)(H4,49,50,55)(H4,51,52,56)(H4,53,54,57)/t28?,29-,30-,31-,32+,33-,34-,35-/m0/s1. The number of carbonyl (C=O) groups is 8. The highest BCUT2D eigenvalue weighted by atomic mass is 32.1. The molecule has 2 aromatic carbocycles. The molecule has 7 amide bonds. The van der Waals surface area contributed by atoms with E-state index in [1.807, 2.05) is 0 Å². The van der Waals surface area contributed by atoms with Crippen LogP contribution >= 0.6 is 25.3 Å². The van der Waals surface area contributed by atoms with Gasteiger partial charge in [0.05, 0.1) is 18.7 Å². The van der Waals surface area contributed by atoms with Crippen LogP contribution in [0.15, 0.2) is 69.6 Å². The summed E-state index contributed by atoms with van der Waals surface area (Å²) >= 11 is 8.24. The molecule has 0 aliphatic carbocycles. The molecule has 0 aliphatic heterocycles. The lowest BCUT2D eigenvalue weighted by molar-refractivity contribution is -0.141. The highest BCUT2D eigenvalue weighted by molar-refractivity contribution is 7.80. The molecule has 0 saturated carbocycles. The molecule has 0 aromatic heterocycles. The number of thiol groups is 2. The van der Waals surface area contributed by atoms with Crippen molar-refractivity contribution in [3.8, 4) is 5.75 Å². The van der Waals surface area contributed by atoms with E-state index in [1.165, 1.54) is 45.2 Å². The van der Waals surface area contributed by atoms with Crippen LogP contribution in [0.2, 0.25) is 0 Å². The molecule has 8 atom stereocenters. The Kier molecular flexibility index (Phi) is 28.5. The summed E-state index contributed by atoms with van der Waals surface area (Å²) in [5, 5.41) is 37.7. The highest BCUT2D eigenvalue weighted by Crippen LogP contribution is 2.15. The summed E-state index contributed by atoms with van der Waals surface area (Å²) in [6, 6.07) is 4.44. The van der Waals surface area contributed by atoms with Gasteiger partial charge in [-0.25, -0.2) is 4.79 Å². The Bertz CT molecular complexity index is 2370. The second-order valence-corrected chi connectivity index (χ2v) is 18.8. The minimum atomic E-state index is -1.76. The zero-order valence-corrected chi connectivity index (χ0v) is 44.9. The number of phenols is 1. The molecule has 0 aliphatic rings. The normalized spacial score (nSPS) is 14.2. The van der Waals surface area contributed by atoms with Gasteiger partial charge in [-0.1, -0.05) is 42.5 Å². The topological polar surface area (TPSA) is 490 Å². The molecule has 2 aromatic rings. The number of carboxylic acids is 1. The molecule has 30 heteroatoms. The summed E-state index contributed by atoms with van der Waals surface area (Å²) in [7, 11) is 1.30. The van der Waals surface area contributed by atoms with Crippen LogP contribution in [0.4, 0.5) is 0 Å². The van der Waals surface area contributed by atoms with Crippen molar-refractivity contribution in [1.82, 2.24) is 37.2 Å². The highest BCUT2D eigenvalue weighted by Gasteiger charge is 2.37. The number of hydrogen-bond donors (Lipinski definition) is 18. The molecule has 77 heavy (non-hydrogen) atoms. The van der Waals surface area contributed by atoms with Crippen molar-refractivity contribution in [2.24, 2.45) is 55.1 Å². The molecule has 0 spiro atoms. The summed E-state index contributed by atoms with van der Waals surface area (Å²) in [5.41, 5.74) is 38.1. The zero-order chi connectivity index (χ0) is 57.8. The van der Waals surface area contributed by atoms with E-state index in [-0.39, 0.29) is 93.3 Å². The number of phenolic OH excluding ortho intramolecular Hbond substituents is 1. The van der Waals surface area contributed by atoms with Crippen LogP contribution in [0.1, 0.15) is 57.1 Å². The van der Waals surface area contributed by atoms with Crippen molar-refractivity contribution in [3.63, 3.8) is 0 Å². The van der Waals surface area contributed by atoms with E-state index < -0.39 is 101 Å². The molecule has 426 valence electrons. The Morgan fingerprint density at radius 3 is 1.53 bits per heavy atom. The molecule has 0 saturated heterocycles. The van der Waals surface area contributed by atoms with Crippen molar-refractivity contribution in [2.45, 2.75) is 113 Å². The fourth-order valence-corrected chi connectivity index (χ4v) is 7.55. The van der Waals surface area contributed by atoms with Crippen molar-refractivity contribution in [1.29, 1.82) is 0 Å². The van der Waals surface area contributed by atoms with Crippen molar-refractivity contribution < 1.29 is 53.3 Å². The number of carbonyl (C=O) groups excluding carboxylic acids is 7. The van der Waals surface area contributed by atoms with E-state index in [2.05, 4.69) is 77.5 Å². The smallest absolute Gasteiger partial charge is 0.327 e. The van der Waals surface area contributed by atoms with Gasteiger partial charge in [0.25, 0.3) is 0 Å². The number of ether oxygens (including phenoxy) is 1. The minimum Gasteiger partial charge on any atom is -0.508 e. The average Bonchev–Trinajstić information content (AvgIpc) is 3.37. The van der Waals surface area contributed by atoms with Crippen molar-refractivity contribution in [3.05, 3.63) is 65.7 Å². The van der Waals surface area contributed by atoms with Crippen LogP contribution in [0.5, 0.6) is 5.75 Å². The fourth-order valence-electron chi connectivity index (χ4n) is 7.04. The number of guanidine groups is 3. The maximum Gasteiger partial charge on any atom is 0.327 e. The van der Waals surface area contributed by atoms with Crippen LogP contribution in [0, 0.1) is 0 Å². The molecular weight excluding hydrogens is 1040 g/mol. The van der Waals surface area contributed by atoms with E-state index in [0.717, 1.165) is 0 Å².